The Morgan fingerprint density at radius 1 is 0.778 bits per heavy atom. The second-order valence-electron chi connectivity index (χ2n) is 3.14. The average molecular weight is 254 g/mol. The van der Waals surface area contributed by atoms with Crippen LogP contribution >= 0.6 is 0 Å². The van der Waals surface area contributed by atoms with Crippen LogP contribution in [0.4, 0.5) is 0 Å². The number of carbonyl (C=O) groups excluding carboxylic acids is 4. The highest BCUT2D eigenvalue weighted by Gasteiger charge is 2.09. The predicted octanol–water partition coefficient (Wildman–Crippen LogP) is 0.363. The van der Waals surface area contributed by atoms with Crippen LogP contribution in [0.25, 0.3) is 0 Å². The monoisotopic (exact) mass is 254 g/mol. The molecular formula is C12H14O6. The molecule has 0 N–H and O–H groups in total. The van der Waals surface area contributed by atoms with Crippen molar-refractivity contribution < 1.29 is 28.7 Å². The highest BCUT2D eigenvalue weighted by molar-refractivity contribution is 6.02. The number of ketones is 2. The zero-order valence-corrected chi connectivity index (χ0v) is 9.85. The average Bonchev–Trinajstić information content (AvgIpc) is 2.34. The van der Waals surface area contributed by atoms with Gasteiger partial charge >= 0.3 is 11.9 Å². The molecule has 0 aliphatic heterocycles. The van der Waals surface area contributed by atoms with Crippen molar-refractivity contribution in [3.8, 4) is 0 Å². The molecule has 0 aliphatic carbocycles. The summed E-state index contributed by atoms with van der Waals surface area (Å²) in [5.41, 5.74) is 0. The van der Waals surface area contributed by atoms with Gasteiger partial charge in [-0.25, -0.2) is 0 Å². The van der Waals surface area contributed by atoms with Crippen molar-refractivity contribution in [2.75, 3.05) is 13.2 Å². The highest BCUT2D eigenvalue weighted by Crippen LogP contribution is 1.92. The number of allylic oxidation sites excluding steroid dienone is 2. The maximum atomic E-state index is 11.0. The van der Waals surface area contributed by atoms with E-state index in [9.17, 15) is 19.2 Å². The maximum absolute atomic E-state index is 11.0. The number of carbonyl (C=O) groups is 4. The summed E-state index contributed by atoms with van der Waals surface area (Å²) in [6, 6.07) is 0. The fourth-order valence-corrected chi connectivity index (χ4v) is 0.842. The van der Waals surface area contributed by atoms with Gasteiger partial charge in [-0.1, -0.05) is 13.2 Å². The molecule has 0 unspecified atom stereocenters. The first-order chi connectivity index (χ1) is 8.49. The first-order valence-electron chi connectivity index (χ1n) is 5.11. The van der Waals surface area contributed by atoms with E-state index < -0.39 is 36.3 Å². The molecule has 0 spiro atoms. The SMILES string of the molecule is C=CC(=O)CC(=O)OCCOC(=O)CC(=O)C=C. The molecule has 0 aromatic carbocycles. The van der Waals surface area contributed by atoms with Crippen molar-refractivity contribution in [1.29, 1.82) is 0 Å². The van der Waals surface area contributed by atoms with Crippen LogP contribution in [-0.2, 0) is 28.7 Å². The molecule has 0 aromatic rings. The zero-order chi connectivity index (χ0) is 14.0. The van der Waals surface area contributed by atoms with E-state index in [2.05, 4.69) is 22.6 Å². The Bertz CT molecular complexity index is 333. The molecule has 6 nitrogen and oxygen atoms in total. The summed E-state index contributed by atoms with van der Waals surface area (Å²) in [5.74, 6) is -2.35. The van der Waals surface area contributed by atoms with Gasteiger partial charge < -0.3 is 9.47 Å². The molecule has 0 heterocycles. The van der Waals surface area contributed by atoms with E-state index in [1.807, 2.05) is 0 Å². The van der Waals surface area contributed by atoms with Crippen molar-refractivity contribution in [3.05, 3.63) is 25.3 Å². The van der Waals surface area contributed by atoms with E-state index >= 15 is 0 Å². The van der Waals surface area contributed by atoms with E-state index in [-0.39, 0.29) is 13.2 Å². The number of hydrogen-bond donors (Lipinski definition) is 0. The van der Waals surface area contributed by atoms with Gasteiger partial charge in [-0.3, -0.25) is 19.2 Å². The van der Waals surface area contributed by atoms with Crippen molar-refractivity contribution in [2.24, 2.45) is 0 Å². The number of hydrogen-bond acceptors (Lipinski definition) is 6. The molecule has 0 atom stereocenters. The van der Waals surface area contributed by atoms with Crippen molar-refractivity contribution in [2.45, 2.75) is 12.8 Å². The third kappa shape index (κ3) is 7.98. The minimum absolute atomic E-state index is 0.169. The van der Waals surface area contributed by atoms with Crippen LogP contribution in [0.2, 0.25) is 0 Å². The summed E-state index contributed by atoms with van der Waals surface area (Å²) in [5, 5.41) is 0. The highest BCUT2D eigenvalue weighted by atomic mass is 16.6. The molecule has 0 radical (unpaired) electrons. The van der Waals surface area contributed by atoms with Crippen LogP contribution in [0.3, 0.4) is 0 Å². The standard InChI is InChI=1S/C12H14O6/c1-3-9(13)7-11(15)17-5-6-18-12(16)8-10(14)4-2/h3-4H,1-2,5-8H2. The zero-order valence-electron chi connectivity index (χ0n) is 9.85. The summed E-state index contributed by atoms with van der Waals surface area (Å²) in [6.07, 6.45) is 1.24. The van der Waals surface area contributed by atoms with Crippen molar-refractivity contribution in [1.82, 2.24) is 0 Å². The van der Waals surface area contributed by atoms with Crippen molar-refractivity contribution in [3.63, 3.8) is 0 Å². The van der Waals surface area contributed by atoms with Gasteiger partial charge in [0.1, 0.15) is 26.1 Å². The molecule has 6 heteroatoms. The first kappa shape index (κ1) is 15.8. The van der Waals surface area contributed by atoms with E-state index in [0.717, 1.165) is 12.2 Å². The Morgan fingerprint density at radius 2 is 1.11 bits per heavy atom. The number of esters is 2. The van der Waals surface area contributed by atoms with E-state index in [1.165, 1.54) is 0 Å². The maximum Gasteiger partial charge on any atom is 0.313 e. The van der Waals surface area contributed by atoms with Crippen molar-refractivity contribution >= 4 is 23.5 Å². The Labute approximate surface area is 104 Å². The van der Waals surface area contributed by atoms with E-state index in [0.29, 0.717) is 0 Å². The molecule has 0 aliphatic rings. The summed E-state index contributed by atoms with van der Waals surface area (Å²) in [6.45, 7) is 6.07. The summed E-state index contributed by atoms with van der Waals surface area (Å²) in [7, 11) is 0. The van der Waals surface area contributed by atoms with Crippen LogP contribution in [-0.4, -0.2) is 36.7 Å². The van der Waals surface area contributed by atoms with Gasteiger partial charge in [0.15, 0.2) is 11.6 Å². The second kappa shape index (κ2) is 8.86. The van der Waals surface area contributed by atoms with Gasteiger partial charge in [-0.2, -0.15) is 0 Å². The lowest BCUT2D eigenvalue weighted by atomic mass is 10.3. The first-order valence-corrected chi connectivity index (χ1v) is 5.11. The Balaban J connectivity index is 3.67. The number of rotatable bonds is 9. The molecule has 0 saturated heterocycles. The summed E-state index contributed by atoms with van der Waals surface area (Å²) < 4.78 is 9.21. The molecule has 0 aromatic heterocycles. The van der Waals surface area contributed by atoms with Gasteiger partial charge in [0.05, 0.1) is 0 Å². The van der Waals surface area contributed by atoms with Crippen LogP contribution in [0.1, 0.15) is 12.8 Å². The van der Waals surface area contributed by atoms with Gasteiger partial charge in [-0.05, 0) is 12.2 Å². The molecule has 0 bridgehead atoms. The Hall–Kier alpha value is -2.24. The van der Waals surface area contributed by atoms with Crippen LogP contribution in [0, 0.1) is 0 Å². The van der Waals surface area contributed by atoms with Crippen LogP contribution in [0.5, 0.6) is 0 Å². The van der Waals surface area contributed by atoms with E-state index in [4.69, 9.17) is 0 Å². The largest absolute Gasteiger partial charge is 0.462 e. The molecule has 18 heavy (non-hydrogen) atoms. The molecular weight excluding hydrogens is 240 g/mol. The van der Waals surface area contributed by atoms with Crippen LogP contribution in [0.15, 0.2) is 25.3 Å². The minimum Gasteiger partial charge on any atom is -0.462 e. The molecule has 0 saturated carbocycles. The quantitative estimate of drug-likeness (QED) is 0.255. The Morgan fingerprint density at radius 3 is 1.39 bits per heavy atom. The lowest BCUT2D eigenvalue weighted by Gasteiger charge is -2.04. The third-order valence-corrected chi connectivity index (χ3v) is 1.70. The summed E-state index contributed by atoms with van der Waals surface area (Å²) in [4.78, 5) is 43.5. The lowest BCUT2D eigenvalue weighted by Crippen LogP contribution is -2.16. The minimum atomic E-state index is -0.724. The predicted molar refractivity (Wildman–Crippen MR) is 61.6 cm³/mol. The van der Waals surface area contributed by atoms with Gasteiger partial charge in [0.2, 0.25) is 0 Å². The fourth-order valence-electron chi connectivity index (χ4n) is 0.842. The second-order valence-corrected chi connectivity index (χ2v) is 3.14. The normalized spacial score (nSPS) is 9.11. The van der Waals surface area contributed by atoms with Gasteiger partial charge in [0, 0.05) is 0 Å². The number of ether oxygens (including phenoxy) is 2. The smallest absolute Gasteiger partial charge is 0.313 e. The molecule has 98 valence electrons. The van der Waals surface area contributed by atoms with Crippen LogP contribution < -0.4 is 0 Å². The molecule has 0 amide bonds. The van der Waals surface area contributed by atoms with Gasteiger partial charge in [-0.15, -0.1) is 0 Å². The topological polar surface area (TPSA) is 86.7 Å². The summed E-state index contributed by atoms with van der Waals surface area (Å²) >= 11 is 0. The molecule has 0 rings (SSSR count). The fraction of sp³-hybridized carbons (Fsp3) is 0.333. The third-order valence-electron chi connectivity index (χ3n) is 1.70. The van der Waals surface area contributed by atoms with E-state index in [1.54, 1.807) is 0 Å². The Kier molecular flexibility index (Phi) is 7.76. The lowest BCUT2D eigenvalue weighted by molar-refractivity contribution is -0.153. The van der Waals surface area contributed by atoms with Gasteiger partial charge in [0.25, 0.3) is 0 Å². The molecule has 0 fully saturated rings.